The van der Waals surface area contributed by atoms with Crippen molar-refractivity contribution in [2.75, 3.05) is 13.2 Å². The lowest BCUT2D eigenvalue weighted by molar-refractivity contribution is -0.113. The van der Waals surface area contributed by atoms with E-state index in [1.165, 1.54) is 0 Å². The van der Waals surface area contributed by atoms with Crippen LogP contribution >= 0.6 is 0 Å². The first-order valence-electron chi connectivity index (χ1n) is 5.31. The van der Waals surface area contributed by atoms with Gasteiger partial charge in [0.05, 0.1) is 13.2 Å². The number of hydrogen-bond donors (Lipinski definition) is 0. The van der Waals surface area contributed by atoms with E-state index in [9.17, 15) is 4.79 Å². The van der Waals surface area contributed by atoms with Crippen LogP contribution in [0.1, 0.15) is 12.5 Å². The Labute approximate surface area is 95.2 Å². The molecule has 0 atom stereocenters. The molecule has 0 spiro atoms. The number of ether oxygens (including phenoxy) is 1. The lowest BCUT2D eigenvalue weighted by Gasteiger charge is -1.96. The molecule has 0 fully saturated rings. The van der Waals surface area contributed by atoms with E-state index in [4.69, 9.17) is 4.74 Å². The molecule has 1 aliphatic rings. The fourth-order valence-corrected chi connectivity index (χ4v) is 1.68. The smallest absolute Gasteiger partial charge is 0.158 e. The van der Waals surface area contributed by atoms with Crippen molar-refractivity contribution in [3.63, 3.8) is 0 Å². The van der Waals surface area contributed by atoms with Crippen LogP contribution in [-0.4, -0.2) is 19.0 Å². The molecule has 82 valence electrons. The van der Waals surface area contributed by atoms with Gasteiger partial charge in [0.1, 0.15) is 0 Å². The van der Waals surface area contributed by atoms with E-state index < -0.39 is 0 Å². The molecule has 0 saturated carbocycles. The van der Waals surface area contributed by atoms with E-state index in [1.807, 2.05) is 42.5 Å². The molecule has 0 amide bonds. The van der Waals surface area contributed by atoms with Gasteiger partial charge in [-0.05, 0) is 18.1 Å². The molecule has 2 nitrogen and oxygen atoms in total. The second kappa shape index (κ2) is 4.90. The molecule has 2 heteroatoms. The summed E-state index contributed by atoms with van der Waals surface area (Å²) in [5.41, 5.74) is 2.92. The van der Waals surface area contributed by atoms with Crippen molar-refractivity contribution in [1.29, 1.82) is 0 Å². The fraction of sp³-hybridized carbons (Fsp3) is 0.214. The van der Waals surface area contributed by atoms with Crippen molar-refractivity contribution in [2.45, 2.75) is 6.92 Å². The molecule has 2 rings (SSSR count). The number of rotatable bonds is 3. The molecule has 0 N–H and O–H groups in total. The van der Waals surface area contributed by atoms with E-state index in [2.05, 4.69) is 0 Å². The van der Waals surface area contributed by atoms with Crippen molar-refractivity contribution < 1.29 is 9.53 Å². The van der Waals surface area contributed by atoms with Gasteiger partial charge in [0, 0.05) is 5.57 Å². The maximum absolute atomic E-state index is 11.3. The van der Waals surface area contributed by atoms with E-state index in [-0.39, 0.29) is 5.78 Å². The minimum atomic E-state index is 0.102. The highest BCUT2D eigenvalue weighted by Crippen LogP contribution is 2.17. The summed E-state index contributed by atoms with van der Waals surface area (Å²) in [4.78, 5) is 11.3. The second-order valence-corrected chi connectivity index (χ2v) is 3.80. The van der Waals surface area contributed by atoms with Crippen LogP contribution in [0.15, 0.2) is 47.6 Å². The minimum Gasteiger partial charge on any atom is -0.372 e. The Hall–Kier alpha value is -1.67. The first-order valence-corrected chi connectivity index (χ1v) is 5.31. The zero-order valence-corrected chi connectivity index (χ0v) is 9.27. The van der Waals surface area contributed by atoms with Crippen molar-refractivity contribution in [1.82, 2.24) is 0 Å². The first kappa shape index (κ1) is 10.8. The average Bonchev–Trinajstić information content (AvgIpc) is 2.76. The van der Waals surface area contributed by atoms with E-state index >= 15 is 0 Å². The summed E-state index contributed by atoms with van der Waals surface area (Å²) in [7, 11) is 0. The highest BCUT2D eigenvalue weighted by atomic mass is 16.5. The topological polar surface area (TPSA) is 26.3 Å². The van der Waals surface area contributed by atoms with Crippen molar-refractivity contribution in [3.05, 3.63) is 53.1 Å². The summed E-state index contributed by atoms with van der Waals surface area (Å²) < 4.78 is 5.27. The van der Waals surface area contributed by atoms with Gasteiger partial charge >= 0.3 is 0 Å². The molecule has 1 aromatic rings. The van der Waals surface area contributed by atoms with Gasteiger partial charge < -0.3 is 4.74 Å². The molecule has 0 radical (unpaired) electrons. The molecule has 0 aromatic heterocycles. The molecule has 1 heterocycles. The number of carbonyl (C=O) groups excluding carboxylic acids is 1. The SMILES string of the molecule is CC(=O)C1=C(/C=C/c2ccccc2)COC1. The van der Waals surface area contributed by atoms with Gasteiger partial charge in [-0.2, -0.15) is 0 Å². The third kappa shape index (κ3) is 2.47. The molecule has 0 saturated heterocycles. The molecule has 1 aliphatic heterocycles. The second-order valence-electron chi connectivity index (χ2n) is 3.80. The van der Waals surface area contributed by atoms with Crippen LogP contribution in [0.2, 0.25) is 0 Å². The summed E-state index contributed by atoms with van der Waals surface area (Å²) in [5.74, 6) is 0.102. The standard InChI is InChI=1S/C14H14O2/c1-11(15)14-10-16-9-13(14)8-7-12-5-3-2-4-6-12/h2-8H,9-10H2,1H3/b8-7+. The summed E-state index contributed by atoms with van der Waals surface area (Å²) >= 11 is 0. The van der Waals surface area contributed by atoms with E-state index in [0.717, 1.165) is 16.7 Å². The first-order chi connectivity index (χ1) is 7.77. The highest BCUT2D eigenvalue weighted by molar-refractivity contribution is 5.95. The van der Waals surface area contributed by atoms with Crippen LogP contribution in [0.3, 0.4) is 0 Å². The van der Waals surface area contributed by atoms with Crippen LogP contribution < -0.4 is 0 Å². The Balaban J connectivity index is 2.18. The molecule has 0 aliphatic carbocycles. The predicted molar refractivity (Wildman–Crippen MR) is 64.0 cm³/mol. The van der Waals surface area contributed by atoms with Crippen molar-refractivity contribution in [3.8, 4) is 0 Å². The van der Waals surface area contributed by atoms with Crippen LogP contribution in [0.5, 0.6) is 0 Å². The van der Waals surface area contributed by atoms with Gasteiger partial charge in [0.15, 0.2) is 5.78 Å². The Morgan fingerprint density at radius 3 is 2.62 bits per heavy atom. The lowest BCUT2D eigenvalue weighted by Crippen LogP contribution is -1.99. The summed E-state index contributed by atoms with van der Waals surface area (Å²) in [6.45, 7) is 2.57. The third-order valence-corrected chi connectivity index (χ3v) is 2.59. The Morgan fingerprint density at radius 2 is 1.94 bits per heavy atom. The van der Waals surface area contributed by atoms with Crippen LogP contribution in [0, 0.1) is 0 Å². The maximum Gasteiger partial charge on any atom is 0.158 e. The number of Topliss-reactive ketones (excluding diaryl/α,β-unsaturated/α-hetero) is 1. The fourth-order valence-electron chi connectivity index (χ4n) is 1.68. The van der Waals surface area contributed by atoms with Gasteiger partial charge in [-0.25, -0.2) is 0 Å². The van der Waals surface area contributed by atoms with Gasteiger partial charge in [-0.15, -0.1) is 0 Å². The average molecular weight is 214 g/mol. The van der Waals surface area contributed by atoms with E-state index in [0.29, 0.717) is 13.2 Å². The normalized spacial score (nSPS) is 16.1. The van der Waals surface area contributed by atoms with Crippen LogP contribution in [-0.2, 0) is 9.53 Å². The molecular weight excluding hydrogens is 200 g/mol. The minimum absolute atomic E-state index is 0.102. The third-order valence-electron chi connectivity index (χ3n) is 2.59. The summed E-state index contributed by atoms with van der Waals surface area (Å²) in [5, 5.41) is 0. The van der Waals surface area contributed by atoms with Gasteiger partial charge in [-0.3, -0.25) is 4.79 Å². The quantitative estimate of drug-likeness (QED) is 0.773. The Morgan fingerprint density at radius 1 is 1.19 bits per heavy atom. The number of carbonyl (C=O) groups is 1. The largest absolute Gasteiger partial charge is 0.372 e. The molecule has 0 bridgehead atoms. The van der Waals surface area contributed by atoms with Crippen LogP contribution in [0.25, 0.3) is 6.08 Å². The van der Waals surface area contributed by atoms with Crippen LogP contribution in [0.4, 0.5) is 0 Å². The zero-order chi connectivity index (χ0) is 11.4. The predicted octanol–water partition coefficient (Wildman–Crippen LogP) is 2.62. The number of hydrogen-bond acceptors (Lipinski definition) is 2. The van der Waals surface area contributed by atoms with Gasteiger partial charge in [0.25, 0.3) is 0 Å². The molecule has 16 heavy (non-hydrogen) atoms. The summed E-state index contributed by atoms with van der Waals surface area (Å²) in [6.07, 6.45) is 3.98. The molecule has 1 aromatic carbocycles. The highest BCUT2D eigenvalue weighted by Gasteiger charge is 2.16. The van der Waals surface area contributed by atoms with Gasteiger partial charge in [0.2, 0.25) is 0 Å². The summed E-state index contributed by atoms with van der Waals surface area (Å²) in [6, 6.07) is 10.0. The Kier molecular flexibility index (Phi) is 3.32. The zero-order valence-electron chi connectivity index (χ0n) is 9.27. The number of benzene rings is 1. The number of ketones is 1. The van der Waals surface area contributed by atoms with Crippen molar-refractivity contribution in [2.24, 2.45) is 0 Å². The Bertz CT molecular complexity index is 441. The van der Waals surface area contributed by atoms with Gasteiger partial charge in [-0.1, -0.05) is 42.5 Å². The molecule has 0 unspecified atom stereocenters. The monoisotopic (exact) mass is 214 g/mol. The molecular formula is C14H14O2. The maximum atomic E-state index is 11.3. The van der Waals surface area contributed by atoms with E-state index in [1.54, 1.807) is 6.92 Å². The van der Waals surface area contributed by atoms with Crippen molar-refractivity contribution >= 4 is 11.9 Å². The lowest BCUT2D eigenvalue weighted by atomic mass is 10.1.